The minimum atomic E-state index is 0.664. The molecule has 0 aliphatic rings. The molecule has 1 N–H and O–H groups in total. The molecule has 84 valence electrons. The Labute approximate surface area is 108 Å². The van der Waals surface area contributed by atoms with Crippen molar-refractivity contribution in [3.8, 4) is 11.4 Å². The minimum Gasteiger partial charge on any atom is -0.300 e. The van der Waals surface area contributed by atoms with E-state index in [1.807, 2.05) is 10.6 Å². The highest BCUT2D eigenvalue weighted by Gasteiger charge is 2.10. The van der Waals surface area contributed by atoms with Crippen molar-refractivity contribution in [2.24, 2.45) is 0 Å². The molecule has 1 heterocycles. The number of aromatic amines is 1. The third-order valence-corrected chi connectivity index (χ3v) is 3.32. The van der Waals surface area contributed by atoms with Gasteiger partial charge >= 0.3 is 0 Å². The summed E-state index contributed by atoms with van der Waals surface area (Å²) in [6, 6.07) is 6.15. The molecule has 0 unspecified atom stereocenters. The molecule has 0 aliphatic carbocycles. The van der Waals surface area contributed by atoms with Gasteiger partial charge in [-0.1, -0.05) is 22.0 Å². The van der Waals surface area contributed by atoms with Gasteiger partial charge < -0.3 is 4.57 Å². The Hall–Kier alpha value is -0.940. The lowest BCUT2D eigenvalue weighted by Crippen LogP contribution is -1.98. The summed E-state index contributed by atoms with van der Waals surface area (Å²) in [7, 11) is 0. The molecular formula is C11H12BrN3S. The molecule has 2 aromatic rings. The van der Waals surface area contributed by atoms with E-state index in [1.165, 1.54) is 5.56 Å². The van der Waals surface area contributed by atoms with Gasteiger partial charge in [0.25, 0.3) is 0 Å². The molecule has 0 spiro atoms. The zero-order valence-electron chi connectivity index (χ0n) is 9.12. The van der Waals surface area contributed by atoms with E-state index < -0.39 is 0 Å². The molecule has 0 radical (unpaired) electrons. The average Bonchev–Trinajstić information content (AvgIpc) is 2.63. The first-order valence-electron chi connectivity index (χ1n) is 5.05. The Morgan fingerprint density at radius 1 is 1.50 bits per heavy atom. The molecule has 0 aliphatic heterocycles. The second-order valence-corrected chi connectivity index (χ2v) is 4.86. The summed E-state index contributed by atoms with van der Waals surface area (Å²) in [6.45, 7) is 4.94. The van der Waals surface area contributed by atoms with E-state index in [0.29, 0.717) is 4.77 Å². The fourth-order valence-electron chi connectivity index (χ4n) is 1.65. The Bertz CT molecular complexity index is 571. The fourth-order valence-corrected chi connectivity index (χ4v) is 2.27. The van der Waals surface area contributed by atoms with E-state index in [9.17, 15) is 0 Å². The number of benzene rings is 1. The van der Waals surface area contributed by atoms with Crippen LogP contribution in [0.3, 0.4) is 0 Å². The first-order valence-corrected chi connectivity index (χ1v) is 6.25. The maximum atomic E-state index is 5.18. The van der Waals surface area contributed by atoms with Gasteiger partial charge in [-0.15, -0.1) is 0 Å². The second kappa shape index (κ2) is 4.51. The van der Waals surface area contributed by atoms with E-state index >= 15 is 0 Å². The molecule has 0 bridgehead atoms. The van der Waals surface area contributed by atoms with Crippen molar-refractivity contribution in [3.63, 3.8) is 0 Å². The molecule has 0 saturated heterocycles. The summed E-state index contributed by atoms with van der Waals surface area (Å²) in [6.07, 6.45) is 0. The van der Waals surface area contributed by atoms with Crippen LogP contribution in [0.15, 0.2) is 22.7 Å². The lowest BCUT2D eigenvalue weighted by molar-refractivity contribution is 0.755. The number of aryl methyl sites for hydroxylation is 1. The molecule has 0 fully saturated rings. The highest BCUT2D eigenvalue weighted by atomic mass is 79.9. The standard InChI is InChI=1S/C11H12BrN3S/c1-3-15-10(13-14-11(15)16)9-6-8(12)5-4-7(9)2/h4-6H,3H2,1-2H3,(H,14,16). The van der Waals surface area contributed by atoms with Crippen molar-refractivity contribution in [1.29, 1.82) is 0 Å². The summed E-state index contributed by atoms with van der Waals surface area (Å²) in [4.78, 5) is 0. The number of nitrogens with one attached hydrogen (secondary N) is 1. The highest BCUT2D eigenvalue weighted by Crippen LogP contribution is 2.25. The third-order valence-electron chi connectivity index (χ3n) is 2.52. The van der Waals surface area contributed by atoms with Crippen LogP contribution in [0.4, 0.5) is 0 Å². The van der Waals surface area contributed by atoms with Gasteiger partial charge in [0, 0.05) is 16.6 Å². The van der Waals surface area contributed by atoms with Crippen LogP contribution in [0.5, 0.6) is 0 Å². The minimum absolute atomic E-state index is 0.664. The lowest BCUT2D eigenvalue weighted by Gasteiger charge is -2.07. The van der Waals surface area contributed by atoms with Gasteiger partial charge in [-0.05, 0) is 43.8 Å². The van der Waals surface area contributed by atoms with E-state index in [0.717, 1.165) is 22.4 Å². The van der Waals surface area contributed by atoms with Gasteiger partial charge in [0.1, 0.15) is 0 Å². The van der Waals surface area contributed by atoms with Gasteiger partial charge in [-0.2, -0.15) is 5.10 Å². The average molecular weight is 298 g/mol. The zero-order valence-corrected chi connectivity index (χ0v) is 11.5. The SMILES string of the molecule is CCn1c(-c2cc(Br)ccc2C)n[nH]c1=S. The molecule has 16 heavy (non-hydrogen) atoms. The Morgan fingerprint density at radius 3 is 2.94 bits per heavy atom. The van der Waals surface area contributed by atoms with Gasteiger partial charge in [-0.3, -0.25) is 5.10 Å². The van der Waals surface area contributed by atoms with Crippen molar-refractivity contribution in [1.82, 2.24) is 14.8 Å². The summed E-state index contributed by atoms with van der Waals surface area (Å²) < 4.78 is 3.70. The summed E-state index contributed by atoms with van der Waals surface area (Å²) in [5.41, 5.74) is 2.29. The highest BCUT2D eigenvalue weighted by molar-refractivity contribution is 9.10. The quantitative estimate of drug-likeness (QED) is 0.858. The van der Waals surface area contributed by atoms with Crippen LogP contribution in [0, 0.1) is 11.7 Å². The predicted octanol–water partition coefficient (Wildman–Crippen LogP) is 3.70. The number of hydrogen-bond acceptors (Lipinski definition) is 2. The number of rotatable bonds is 2. The van der Waals surface area contributed by atoms with Gasteiger partial charge in [0.15, 0.2) is 10.6 Å². The molecule has 3 nitrogen and oxygen atoms in total. The smallest absolute Gasteiger partial charge is 0.195 e. The van der Waals surface area contributed by atoms with Crippen LogP contribution in [0.2, 0.25) is 0 Å². The van der Waals surface area contributed by atoms with Crippen molar-refractivity contribution in [3.05, 3.63) is 33.0 Å². The molecule has 0 amide bonds. The Kier molecular flexibility index (Phi) is 3.25. The molecular weight excluding hydrogens is 286 g/mol. The van der Waals surface area contributed by atoms with E-state index in [1.54, 1.807) is 0 Å². The number of halogens is 1. The van der Waals surface area contributed by atoms with Crippen LogP contribution in [0.25, 0.3) is 11.4 Å². The summed E-state index contributed by atoms with van der Waals surface area (Å²) in [5, 5.41) is 7.12. The predicted molar refractivity (Wildman–Crippen MR) is 71.0 cm³/mol. The molecule has 1 aromatic heterocycles. The number of hydrogen-bond donors (Lipinski definition) is 1. The van der Waals surface area contributed by atoms with E-state index in [2.05, 4.69) is 52.1 Å². The molecule has 0 saturated carbocycles. The first kappa shape index (κ1) is 11.5. The molecule has 2 rings (SSSR count). The topological polar surface area (TPSA) is 33.6 Å². The van der Waals surface area contributed by atoms with Crippen molar-refractivity contribution in [2.45, 2.75) is 20.4 Å². The van der Waals surface area contributed by atoms with Crippen molar-refractivity contribution >= 4 is 28.1 Å². The van der Waals surface area contributed by atoms with Crippen molar-refractivity contribution < 1.29 is 0 Å². The monoisotopic (exact) mass is 297 g/mol. The van der Waals surface area contributed by atoms with Crippen LogP contribution in [0.1, 0.15) is 12.5 Å². The number of nitrogens with zero attached hydrogens (tertiary/aromatic N) is 2. The maximum Gasteiger partial charge on any atom is 0.195 e. The fraction of sp³-hybridized carbons (Fsp3) is 0.273. The molecule has 0 atom stereocenters. The van der Waals surface area contributed by atoms with Gasteiger partial charge in [-0.25, -0.2) is 0 Å². The van der Waals surface area contributed by atoms with Crippen LogP contribution in [-0.4, -0.2) is 14.8 Å². The Morgan fingerprint density at radius 2 is 2.25 bits per heavy atom. The van der Waals surface area contributed by atoms with Crippen molar-refractivity contribution in [2.75, 3.05) is 0 Å². The second-order valence-electron chi connectivity index (χ2n) is 3.56. The third kappa shape index (κ3) is 1.97. The normalized spacial score (nSPS) is 10.7. The number of aromatic nitrogens is 3. The van der Waals surface area contributed by atoms with E-state index in [4.69, 9.17) is 12.2 Å². The van der Waals surface area contributed by atoms with Crippen LogP contribution >= 0.6 is 28.1 Å². The number of H-pyrrole nitrogens is 1. The lowest BCUT2D eigenvalue weighted by atomic mass is 10.1. The maximum absolute atomic E-state index is 5.18. The Balaban J connectivity index is 2.67. The van der Waals surface area contributed by atoms with Crippen LogP contribution in [-0.2, 0) is 6.54 Å². The molecule has 1 aromatic carbocycles. The largest absolute Gasteiger partial charge is 0.300 e. The van der Waals surface area contributed by atoms with E-state index in [-0.39, 0.29) is 0 Å². The molecule has 5 heteroatoms. The van der Waals surface area contributed by atoms with Gasteiger partial charge in [0.05, 0.1) is 0 Å². The zero-order chi connectivity index (χ0) is 11.7. The summed E-state index contributed by atoms with van der Waals surface area (Å²) in [5.74, 6) is 0.895. The first-order chi connectivity index (χ1) is 7.63. The summed E-state index contributed by atoms with van der Waals surface area (Å²) >= 11 is 8.65. The van der Waals surface area contributed by atoms with Crippen LogP contribution < -0.4 is 0 Å². The van der Waals surface area contributed by atoms with Gasteiger partial charge in [0.2, 0.25) is 0 Å².